The highest BCUT2D eigenvalue weighted by Crippen LogP contribution is 2.38. The fourth-order valence-corrected chi connectivity index (χ4v) is 3.62. The van der Waals surface area contributed by atoms with E-state index in [0.717, 1.165) is 17.5 Å². The molecule has 0 bridgehead atoms. The maximum atomic E-state index is 11.8. The maximum absolute atomic E-state index is 11.8. The van der Waals surface area contributed by atoms with Gasteiger partial charge in [-0.1, -0.05) is 36.4 Å². The van der Waals surface area contributed by atoms with Crippen LogP contribution in [0.4, 0.5) is 5.69 Å². The molecule has 1 aliphatic rings. The SMILES string of the molecule is Nc1ccc(S(N)(=O)=O)c(C2CC=Cc3ccccc32)c1. The van der Waals surface area contributed by atoms with Crippen LogP contribution in [0.25, 0.3) is 6.08 Å². The van der Waals surface area contributed by atoms with Crippen LogP contribution in [0, 0.1) is 0 Å². The highest BCUT2D eigenvalue weighted by Gasteiger charge is 2.25. The van der Waals surface area contributed by atoms with Crippen LogP contribution in [0.3, 0.4) is 0 Å². The second-order valence-electron chi connectivity index (χ2n) is 5.16. The number of nitrogens with two attached hydrogens (primary N) is 2. The lowest BCUT2D eigenvalue weighted by Crippen LogP contribution is -2.17. The van der Waals surface area contributed by atoms with Gasteiger partial charge in [0.15, 0.2) is 0 Å². The van der Waals surface area contributed by atoms with E-state index in [0.29, 0.717) is 11.3 Å². The number of anilines is 1. The van der Waals surface area contributed by atoms with Crippen molar-refractivity contribution in [2.75, 3.05) is 5.73 Å². The first kappa shape index (κ1) is 13.9. The topological polar surface area (TPSA) is 86.2 Å². The van der Waals surface area contributed by atoms with Crippen molar-refractivity contribution in [1.82, 2.24) is 0 Å². The van der Waals surface area contributed by atoms with E-state index in [1.807, 2.05) is 30.3 Å². The van der Waals surface area contributed by atoms with E-state index in [1.165, 1.54) is 6.07 Å². The average Bonchev–Trinajstić information content (AvgIpc) is 2.45. The zero-order valence-corrected chi connectivity index (χ0v) is 12.2. The summed E-state index contributed by atoms with van der Waals surface area (Å²) in [5, 5.41) is 5.35. The van der Waals surface area contributed by atoms with Gasteiger partial charge in [0.05, 0.1) is 4.90 Å². The molecule has 108 valence electrons. The summed E-state index contributed by atoms with van der Waals surface area (Å²) in [4.78, 5) is 0.145. The fourth-order valence-electron chi connectivity index (χ4n) is 2.83. The Labute approximate surface area is 124 Å². The van der Waals surface area contributed by atoms with Gasteiger partial charge in [-0.3, -0.25) is 0 Å². The first-order valence-corrected chi connectivity index (χ1v) is 8.19. The Hall–Kier alpha value is -2.11. The monoisotopic (exact) mass is 300 g/mol. The lowest BCUT2D eigenvalue weighted by molar-refractivity contribution is 0.595. The highest BCUT2D eigenvalue weighted by molar-refractivity contribution is 7.89. The van der Waals surface area contributed by atoms with Gasteiger partial charge in [0.1, 0.15) is 0 Å². The van der Waals surface area contributed by atoms with Crippen LogP contribution in [0.1, 0.15) is 29.0 Å². The van der Waals surface area contributed by atoms with Crippen LogP contribution in [0.15, 0.2) is 53.4 Å². The van der Waals surface area contributed by atoms with Crippen LogP contribution in [-0.4, -0.2) is 8.42 Å². The van der Waals surface area contributed by atoms with Gasteiger partial charge in [0.2, 0.25) is 10.0 Å². The number of nitrogen functional groups attached to an aromatic ring is 1. The molecule has 5 heteroatoms. The fraction of sp³-hybridized carbons (Fsp3) is 0.125. The lowest BCUT2D eigenvalue weighted by Gasteiger charge is -2.24. The van der Waals surface area contributed by atoms with Gasteiger partial charge in [-0.2, -0.15) is 0 Å². The smallest absolute Gasteiger partial charge is 0.238 e. The van der Waals surface area contributed by atoms with E-state index < -0.39 is 10.0 Å². The molecule has 3 rings (SSSR count). The van der Waals surface area contributed by atoms with Gasteiger partial charge >= 0.3 is 0 Å². The van der Waals surface area contributed by atoms with Crippen LogP contribution in [-0.2, 0) is 10.0 Å². The number of fused-ring (bicyclic) bond motifs is 1. The molecule has 21 heavy (non-hydrogen) atoms. The number of allylic oxidation sites excluding steroid dienone is 1. The van der Waals surface area contributed by atoms with Crippen molar-refractivity contribution < 1.29 is 8.42 Å². The number of sulfonamides is 1. The minimum atomic E-state index is -3.78. The van der Waals surface area contributed by atoms with Crippen LogP contribution < -0.4 is 10.9 Å². The first-order chi connectivity index (χ1) is 9.97. The summed E-state index contributed by atoms with van der Waals surface area (Å²) in [7, 11) is -3.78. The quantitative estimate of drug-likeness (QED) is 0.835. The minimum Gasteiger partial charge on any atom is -0.399 e. The summed E-state index contributed by atoms with van der Waals surface area (Å²) in [5.41, 5.74) is 9.22. The number of benzene rings is 2. The number of primary sulfonamides is 1. The Morgan fingerprint density at radius 1 is 1.05 bits per heavy atom. The molecule has 2 aromatic carbocycles. The van der Waals surface area contributed by atoms with Gasteiger partial charge < -0.3 is 5.73 Å². The highest BCUT2D eigenvalue weighted by atomic mass is 32.2. The van der Waals surface area contributed by atoms with Gasteiger partial charge in [0.25, 0.3) is 0 Å². The molecular weight excluding hydrogens is 284 g/mol. The molecule has 1 atom stereocenters. The van der Waals surface area contributed by atoms with Crippen LogP contribution in [0.2, 0.25) is 0 Å². The molecular formula is C16H16N2O2S. The Bertz CT molecular complexity index is 826. The molecule has 1 aliphatic carbocycles. The number of hydrogen-bond acceptors (Lipinski definition) is 3. The van der Waals surface area contributed by atoms with Crippen molar-refractivity contribution in [1.29, 1.82) is 0 Å². The Kier molecular flexibility index (Phi) is 3.31. The molecule has 4 nitrogen and oxygen atoms in total. The largest absolute Gasteiger partial charge is 0.399 e. The number of rotatable bonds is 2. The second-order valence-corrected chi connectivity index (χ2v) is 6.69. The van der Waals surface area contributed by atoms with Crippen LogP contribution in [0.5, 0.6) is 0 Å². The first-order valence-electron chi connectivity index (χ1n) is 6.64. The van der Waals surface area contributed by atoms with E-state index in [2.05, 4.69) is 6.08 Å². The predicted molar refractivity (Wildman–Crippen MR) is 84.2 cm³/mol. The summed E-state index contributed by atoms with van der Waals surface area (Å²) in [5.74, 6) is -0.0528. The second kappa shape index (κ2) is 5.02. The van der Waals surface area contributed by atoms with Crippen molar-refractivity contribution in [3.63, 3.8) is 0 Å². The summed E-state index contributed by atoms with van der Waals surface area (Å²) >= 11 is 0. The molecule has 0 amide bonds. The summed E-state index contributed by atoms with van der Waals surface area (Å²) in [6.45, 7) is 0. The lowest BCUT2D eigenvalue weighted by atomic mass is 9.82. The van der Waals surface area contributed by atoms with Crippen molar-refractivity contribution in [2.45, 2.75) is 17.2 Å². The Balaban J connectivity index is 2.22. The van der Waals surface area contributed by atoms with Crippen molar-refractivity contribution in [3.05, 3.63) is 65.2 Å². The van der Waals surface area contributed by atoms with Gasteiger partial charge in [-0.15, -0.1) is 0 Å². The molecule has 0 aromatic heterocycles. The molecule has 4 N–H and O–H groups in total. The van der Waals surface area contributed by atoms with Crippen molar-refractivity contribution in [2.24, 2.45) is 5.14 Å². The third-order valence-electron chi connectivity index (χ3n) is 3.76. The van der Waals surface area contributed by atoms with E-state index in [4.69, 9.17) is 10.9 Å². The molecule has 0 aliphatic heterocycles. The zero-order valence-electron chi connectivity index (χ0n) is 11.4. The van der Waals surface area contributed by atoms with E-state index >= 15 is 0 Å². The van der Waals surface area contributed by atoms with Crippen molar-refractivity contribution in [3.8, 4) is 0 Å². The molecule has 0 radical (unpaired) electrons. The molecule has 1 unspecified atom stereocenters. The molecule has 0 fully saturated rings. The average molecular weight is 300 g/mol. The van der Waals surface area contributed by atoms with Gasteiger partial charge in [-0.05, 0) is 41.3 Å². The maximum Gasteiger partial charge on any atom is 0.238 e. The van der Waals surface area contributed by atoms with Gasteiger partial charge in [-0.25, -0.2) is 13.6 Å². The Morgan fingerprint density at radius 2 is 1.81 bits per heavy atom. The van der Waals surface area contributed by atoms with Crippen molar-refractivity contribution >= 4 is 21.8 Å². The van der Waals surface area contributed by atoms with Crippen LogP contribution >= 0.6 is 0 Å². The molecule has 0 spiro atoms. The summed E-state index contributed by atoms with van der Waals surface area (Å²) < 4.78 is 23.7. The normalized spacial score (nSPS) is 17.5. The zero-order chi connectivity index (χ0) is 15.0. The van der Waals surface area contributed by atoms with Gasteiger partial charge in [0, 0.05) is 11.6 Å². The summed E-state index contributed by atoms with van der Waals surface area (Å²) in [6, 6.07) is 12.7. The third-order valence-corrected chi connectivity index (χ3v) is 4.74. The van der Waals surface area contributed by atoms with E-state index in [-0.39, 0.29) is 10.8 Å². The molecule has 2 aromatic rings. The molecule has 0 heterocycles. The minimum absolute atomic E-state index is 0.0528. The molecule has 0 saturated heterocycles. The summed E-state index contributed by atoms with van der Waals surface area (Å²) in [6.07, 6.45) is 4.82. The Morgan fingerprint density at radius 3 is 2.57 bits per heavy atom. The predicted octanol–water partition coefficient (Wildman–Crippen LogP) is 2.47. The molecule has 0 saturated carbocycles. The third kappa shape index (κ3) is 2.57. The van der Waals surface area contributed by atoms with E-state index in [1.54, 1.807) is 12.1 Å². The number of hydrogen-bond donors (Lipinski definition) is 2. The standard InChI is InChI=1S/C16H16N2O2S/c17-12-8-9-16(21(18,19)20)15(10-12)14-7-3-5-11-4-1-2-6-13(11)14/h1-6,8-10,14H,7,17H2,(H2,18,19,20). The van der Waals surface area contributed by atoms with E-state index in [9.17, 15) is 8.42 Å².